The van der Waals surface area contributed by atoms with Gasteiger partial charge in [-0.15, -0.1) is 0 Å². The lowest BCUT2D eigenvalue weighted by atomic mass is 10.2. The number of benzene rings is 1. The van der Waals surface area contributed by atoms with Crippen molar-refractivity contribution in [1.82, 2.24) is 0 Å². The molecule has 19 heavy (non-hydrogen) atoms. The Morgan fingerprint density at radius 1 is 1.32 bits per heavy atom. The molecular formula is C12H11F3N2O2. The largest absolute Gasteiger partial charge is 0.479 e. The first kappa shape index (κ1) is 14.8. The number of rotatable bonds is 5. The lowest BCUT2D eigenvalue weighted by Gasteiger charge is -2.08. The topological polar surface area (TPSA) is 62.1 Å². The lowest BCUT2D eigenvalue weighted by Crippen LogP contribution is -2.16. The van der Waals surface area contributed by atoms with E-state index < -0.39 is 24.9 Å². The number of nitrogens with zero attached hydrogens (tertiary/aromatic N) is 1. The molecule has 4 nitrogen and oxygen atoms in total. The van der Waals surface area contributed by atoms with E-state index in [1.807, 2.05) is 0 Å². The molecule has 0 aromatic heterocycles. The van der Waals surface area contributed by atoms with E-state index in [2.05, 4.69) is 5.32 Å². The number of hydrogen-bond donors (Lipinski definition) is 1. The molecule has 0 unspecified atom stereocenters. The highest BCUT2D eigenvalue weighted by Crippen LogP contribution is 2.22. The number of halogens is 3. The maximum atomic E-state index is 11.9. The highest BCUT2D eigenvalue weighted by molar-refractivity contribution is 5.90. The van der Waals surface area contributed by atoms with Crippen LogP contribution in [0.1, 0.15) is 12.8 Å². The first-order valence-electron chi connectivity index (χ1n) is 5.37. The van der Waals surface area contributed by atoms with Crippen molar-refractivity contribution in [3.8, 4) is 11.8 Å². The van der Waals surface area contributed by atoms with Crippen LogP contribution < -0.4 is 10.1 Å². The van der Waals surface area contributed by atoms with Gasteiger partial charge >= 0.3 is 6.18 Å². The number of nitriles is 1. The molecule has 1 N–H and O–H groups in total. The van der Waals surface area contributed by atoms with Crippen LogP contribution in [0.15, 0.2) is 24.3 Å². The first-order chi connectivity index (χ1) is 8.90. The highest BCUT2D eigenvalue weighted by atomic mass is 19.4. The molecule has 0 fully saturated rings. The molecule has 0 spiro atoms. The number of carbonyl (C=O) groups excluding carboxylic acids is 1. The number of ether oxygens (including phenoxy) is 1. The van der Waals surface area contributed by atoms with Gasteiger partial charge in [0.15, 0.2) is 6.61 Å². The van der Waals surface area contributed by atoms with Gasteiger partial charge < -0.3 is 10.1 Å². The summed E-state index contributed by atoms with van der Waals surface area (Å²) in [5.74, 6) is -0.266. The Morgan fingerprint density at radius 2 is 1.95 bits per heavy atom. The van der Waals surface area contributed by atoms with Crippen LogP contribution in [0.25, 0.3) is 0 Å². The predicted molar refractivity (Wildman–Crippen MR) is 61.5 cm³/mol. The fourth-order valence-corrected chi connectivity index (χ4v) is 1.23. The molecule has 0 heterocycles. The zero-order chi connectivity index (χ0) is 14.3. The Bertz CT molecular complexity index is 463. The molecule has 1 amide bonds. The molecule has 0 saturated carbocycles. The molecule has 1 aromatic carbocycles. The second-order valence-corrected chi connectivity index (χ2v) is 3.63. The summed E-state index contributed by atoms with van der Waals surface area (Å²) in [6, 6.07) is 7.79. The van der Waals surface area contributed by atoms with Crippen LogP contribution in [0.3, 0.4) is 0 Å². The SMILES string of the molecule is N#CCOc1ccc(NC(=O)CCC(F)(F)F)cc1. The van der Waals surface area contributed by atoms with Gasteiger partial charge in [-0.25, -0.2) is 0 Å². The van der Waals surface area contributed by atoms with Crippen molar-refractivity contribution in [3.05, 3.63) is 24.3 Å². The van der Waals surface area contributed by atoms with Crippen molar-refractivity contribution in [3.63, 3.8) is 0 Å². The fourth-order valence-electron chi connectivity index (χ4n) is 1.23. The number of nitrogens with one attached hydrogen (secondary N) is 1. The summed E-state index contributed by atoms with van der Waals surface area (Å²) < 4.78 is 40.7. The summed E-state index contributed by atoms with van der Waals surface area (Å²) in [7, 11) is 0. The van der Waals surface area contributed by atoms with Gasteiger partial charge in [-0.3, -0.25) is 4.79 Å². The lowest BCUT2D eigenvalue weighted by molar-refractivity contribution is -0.142. The van der Waals surface area contributed by atoms with Crippen LogP contribution in [0, 0.1) is 11.3 Å². The highest BCUT2D eigenvalue weighted by Gasteiger charge is 2.27. The Hall–Kier alpha value is -2.23. The standard InChI is InChI=1S/C12H11F3N2O2/c13-12(14,15)6-5-11(18)17-9-1-3-10(4-2-9)19-8-7-16/h1-4H,5-6,8H2,(H,17,18). The number of alkyl halides is 3. The van der Waals surface area contributed by atoms with Crippen molar-refractivity contribution >= 4 is 11.6 Å². The smallest absolute Gasteiger partial charge is 0.389 e. The van der Waals surface area contributed by atoms with Crippen molar-refractivity contribution in [1.29, 1.82) is 5.26 Å². The van der Waals surface area contributed by atoms with Crippen LogP contribution in [0.2, 0.25) is 0 Å². The van der Waals surface area contributed by atoms with Gasteiger partial charge in [0.1, 0.15) is 11.8 Å². The third kappa shape index (κ3) is 6.31. The Balaban J connectivity index is 2.45. The van der Waals surface area contributed by atoms with Gasteiger partial charge in [-0.2, -0.15) is 18.4 Å². The maximum absolute atomic E-state index is 11.9. The maximum Gasteiger partial charge on any atom is 0.389 e. The number of anilines is 1. The summed E-state index contributed by atoms with van der Waals surface area (Å²) in [6.45, 7) is -0.0999. The first-order valence-corrected chi connectivity index (χ1v) is 5.37. The van der Waals surface area contributed by atoms with Gasteiger partial charge in [-0.05, 0) is 24.3 Å². The summed E-state index contributed by atoms with van der Waals surface area (Å²) in [5, 5.41) is 10.6. The van der Waals surface area contributed by atoms with Crippen LogP contribution in [-0.2, 0) is 4.79 Å². The molecule has 0 aliphatic heterocycles. The zero-order valence-electron chi connectivity index (χ0n) is 9.83. The van der Waals surface area contributed by atoms with Crippen LogP contribution in [0.5, 0.6) is 5.75 Å². The normalized spacial score (nSPS) is 10.6. The minimum absolute atomic E-state index is 0.0999. The molecule has 0 bridgehead atoms. The van der Waals surface area contributed by atoms with Crippen molar-refractivity contribution in [2.45, 2.75) is 19.0 Å². The average Bonchev–Trinajstić information content (AvgIpc) is 2.35. The number of carbonyl (C=O) groups is 1. The van der Waals surface area contributed by atoms with Crippen molar-refractivity contribution < 1.29 is 22.7 Å². The van der Waals surface area contributed by atoms with E-state index in [1.54, 1.807) is 6.07 Å². The molecule has 0 atom stereocenters. The van der Waals surface area contributed by atoms with Gasteiger partial charge in [0.2, 0.25) is 5.91 Å². The van der Waals surface area contributed by atoms with E-state index in [9.17, 15) is 18.0 Å². The van der Waals surface area contributed by atoms with Crippen LogP contribution >= 0.6 is 0 Å². The third-order valence-electron chi connectivity index (χ3n) is 2.08. The number of hydrogen-bond acceptors (Lipinski definition) is 3. The molecule has 0 saturated heterocycles. The van der Waals surface area contributed by atoms with E-state index >= 15 is 0 Å². The van der Waals surface area contributed by atoms with Gasteiger partial charge in [0.05, 0.1) is 6.42 Å². The van der Waals surface area contributed by atoms with Gasteiger partial charge in [0.25, 0.3) is 0 Å². The van der Waals surface area contributed by atoms with Gasteiger partial charge in [0, 0.05) is 12.1 Å². The summed E-state index contributed by atoms with van der Waals surface area (Å²) in [4.78, 5) is 11.2. The zero-order valence-corrected chi connectivity index (χ0v) is 9.83. The van der Waals surface area contributed by atoms with Crippen LogP contribution in [0.4, 0.5) is 18.9 Å². The molecule has 0 aliphatic rings. The van der Waals surface area contributed by atoms with E-state index in [1.165, 1.54) is 24.3 Å². The van der Waals surface area contributed by atoms with Gasteiger partial charge in [-0.1, -0.05) is 0 Å². The second-order valence-electron chi connectivity index (χ2n) is 3.63. The minimum atomic E-state index is -4.34. The predicted octanol–water partition coefficient (Wildman–Crippen LogP) is 2.87. The molecular weight excluding hydrogens is 261 g/mol. The Kier molecular flexibility index (Phi) is 5.18. The molecule has 102 valence electrons. The molecule has 0 radical (unpaired) electrons. The monoisotopic (exact) mass is 272 g/mol. The Labute approximate surface area is 107 Å². The van der Waals surface area contributed by atoms with E-state index in [0.29, 0.717) is 11.4 Å². The minimum Gasteiger partial charge on any atom is -0.479 e. The summed E-state index contributed by atoms with van der Waals surface area (Å²) >= 11 is 0. The van der Waals surface area contributed by atoms with Crippen LogP contribution in [-0.4, -0.2) is 18.7 Å². The van der Waals surface area contributed by atoms with E-state index in [0.717, 1.165) is 0 Å². The van der Waals surface area contributed by atoms with Crippen molar-refractivity contribution in [2.24, 2.45) is 0 Å². The quantitative estimate of drug-likeness (QED) is 0.896. The van der Waals surface area contributed by atoms with E-state index in [-0.39, 0.29) is 6.61 Å². The summed E-state index contributed by atoms with van der Waals surface area (Å²) in [5.41, 5.74) is 0.372. The Morgan fingerprint density at radius 3 is 2.47 bits per heavy atom. The third-order valence-corrected chi connectivity index (χ3v) is 2.08. The van der Waals surface area contributed by atoms with E-state index in [4.69, 9.17) is 10.00 Å². The summed E-state index contributed by atoms with van der Waals surface area (Å²) in [6.07, 6.45) is -6.11. The molecule has 1 rings (SSSR count). The fraction of sp³-hybridized carbons (Fsp3) is 0.333. The molecule has 0 aliphatic carbocycles. The molecule has 7 heteroatoms. The number of amides is 1. The van der Waals surface area contributed by atoms with Crippen molar-refractivity contribution in [2.75, 3.05) is 11.9 Å². The average molecular weight is 272 g/mol. The molecule has 1 aromatic rings. The second kappa shape index (κ2) is 6.64.